The molecule has 0 aliphatic carbocycles. The Bertz CT molecular complexity index is 6720. The van der Waals surface area contributed by atoms with Crippen LogP contribution in [0.5, 0.6) is 23.0 Å². The molecule has 9 heteroatoms. The number of benzene rings is 16. The number of fused-ring (bicyclic) bond motifs is 24. The molecule has 8 nitrogen and oxygen atoms in total. The second-order valence-corrected chi connectivity index (χ2v) is 25.3. The summed E-state index contributed by atoms with van der Waals surface area (Å²) in [5.74, 6) is 4.60. The van der Waals surface area contributed by atoms with Gasteiger partial charge in [0.2, 0.25) is 0 Å². The molecule has 0 radical (unpaired) electrons. The predicted molar refractivity (Wildman–Crippen MR) is 401 cm³/mol. The topological polar surface area (TPSA) is 90.7 Å². The van der Waals surface area contributed by atoms with Gasteiger partial charge in [-0.3, -0.25) is 0 Å². The van der Waals surface area contributed by atoms with Crippen LogP contribution >= 0.6 is 11.6 Å². The maximum Gasteiger partial charge on any atom is 0.160 e. The van der Waals surface area contributed by atoms with Gasteiger partial charge in [-0.25, -0.2) is 19.9 Å². The number of rotatable bonds is 3. The summed E-state index contributed by atoms with van der Waals surface area (Å²) < 4.78 is 14.7. The molecule has 2 aliphatic heterocycles. The van der Waals surface area contributed by atoms with Crippen molar-refractivity contribution < 1.29 is 9.47 Å². The lowest BCUT2D eigenvalue weighted by Gasteiger charge is -2.20. The highest BCUT2D eigenvalue weighted by Gasteiger charge is 2.26. The number of hydrogen-bond donors (Lipinski definition) is 1. The summed E-state index contributed by atoms with van der Waals surface area (Å²) >= 11 is 5.99. The minimum Gasteiger partial charge on any atom is -0.456 e. The Hall–Kier alpha value is -12.8. The van der Waals surface area contributed by atoms with Crippen molar-refractivity contribution in [2.45, 2.75) is 0 Å². The van der Waals surface area contributed by atoms with Crippen LogP contribution in [0.3, 0.4) is 0 Å². The standard InChI is InChI=1S/C44H25N3O.C24H15N.C20H11ClN2O/c1-2-11-29-26(10-1)22-25-34-39(29)30-12-3-4-13-31(30)43-40(34)32-14-5-7-17-36(32)47(43)28-23-20-27(21-24-28)44-45-35-16-9-19-38-41(35)42(46-44)33-15-6-8-18-37(33)48-38;1-2-8-16-15(7-1)13-14-20-22(16)17-9-3-4-10-18(17)24-23(20)19-11-5-6-12-21(19)25-24;21-13-10-8-12(9-11-13)20-22-15-5-3-7-17-18(15)19(23-20)14-4-1-2-6-16(14)24-17/h1-25H;1-14,25H;1-11H. The second kappa shape index (κ2) is 21.7. The monoisotopic (exact) mass is 1260 g/mol. The Labute approximate surface area is 559 Å². The summed E-state index contributed by atoms with van der Waals surface area (Å²) in [5.41, 5.74) is 13.4. The van der Waals surface area contributed by atoms with Gasteiger partial charge < -0.3 is 19.0 Å². The van der Waals surface area contributed by atoms with Gasteiger partial charge in [0.25, 0.3) is 0 Å². The zero-order valence-corrected chi connectivity index (χ0v) is 52.6. The maximum atomic E-state index is 6.22. The van der Waals surface area contributed by atoms with Gasteiger partial charge in [0.05, 0.1) is 49.7 Å². The van der Waals surface area contributed by atoms with Crippen LogP contribution in [-0.2, 0) is 0 Å². The average molecular weight is 1260 g/mol. The summed E-state index contributed by atoms with van der Waals surface area (Å²) in [7, 11) is 0. The molecule has 22 rings (SSSR count). The summed E-state index contributed by atoms with van der Waals surface area (Å²) in [6, 6.07) is 106. The van der Waals surface area contributed by atoms with Gasteiger partial charge in [-0.15, -0.1) is 0 Å². The first-order valence-corrected chi connectivity index (χ1v) is 32.9. The van der Waals surface area contributed by atoms with Crippen molar-refractivity contribution in [1.29, 1.82) is 0 Å². The Kier molecular flexibility index (Phi) is 12.2. The molecule has 6 heterocycles. The number of halogens is 1. The molecule has 0 bridgehead atoms. The lowest BCUT2D eigenvalue weighted by atomic mass is 9.93. The van der Waals surface area contributed by atoms with Crippen LogP contribution in [0.15, 0.2) is 303 Å². The van der Waals surface area contributed by atoms with Gasteiger partial charge in [-0.05, 0) is 163 Å². The number of para-hydroxylation sites is 4. The highest BCUT2D eigenvalue weighted by Crippen LogP contribution is 2.49. The molecule has 0 unspecified atom stereocenters. The summed E-state index contributed by atoms with van der Waals surface area (Å²) in [6.45, 7) is 0. The van der Waals surface area contributed by atoms with E-state index in [1.807, 2.05) is 103 Å². The van der Waals surface area contributed by atoms with Crippen LogP contribution in [0.2, 0.25) is 5.02 Å². The van der Waals surface area contributed by atoms with E-state index in [0.717, 1.165) is 84.1 Å². The van der Waals surface area contributed by atoms with Crippen LogP contribution in [-0.4, -0.2) is 29.5 Å². The zero-order valence-electron chi connectivity index (χ0n) is 51.8. The number of hydrogen-bond acceptors (Lipinski definition) is 6. The Morgan fingerprint density at radius 3 is 1.35 bits per heavy atom. The molecule has 2 aliphatic rings. The third-order valence-corrected chi connectivity index (χ3v) is 19.7. The van der Waals surface area contributed by atoms with E-state index in [9.17, 15) is 0 Å². The Balaban J connectivity index is 0.000000110. The van der Waals surface area contributed by atoms with E-state index >= 15 is 0 Å². The Morgan fingerprint density at radius 1 is 0.299 bits per heavy atom. The predicted octanol–water partition coefficient (Wildman–Crippen LogP) is 24.1. The van der Waals surface area contributed by atoms with Crippen molar-refractivity contribution in [2.24, 2.45) is 0 Å². The smallest absolute Gasteiger partial charge is 0.160 e. The number of nitrogens with one attached hydrogen (secondary N) is 1. The lowest BCUT2D eigenvalue weighted by molar-refractivity contribution is 0.486. The molecule has 452 valence electrons. The lowest BCUT2D eigenvalue weighted by Crippen LogP contribution is -2.02. The maximum absolute atomic E-state index is 6.22. The highest BCUT2D eigenvalue weighted by atomic mass is 35.5. The van der Waals surface area contributed by atoms with Gasteiger partial charge in [0.1, 0.15) is 23.0 Å². The zero-order chi connectivity index (χ0) is 63.8. The molecule has 97 heavy (non-hydrogen) atoms. The number of ether oxygens (including phenoxy) is 2. The van der Waals surface area contributed by atoms with E-state index in [0.29, 0.717) is 16.7 Å². The number of aromatic amines is 1. The van der Waals surface area contributed by atoms with E-state index in [1.54, 1.807) is 0 Å². The van der Waals surface area contributed by atoms with Gasteiger partial charge >= 0.3 is 0 Å². The Morgan fingerprint density at radius 2 is 0.753 bits per heavy atom. The number of nitrogens with zero attached hydrogens (tertiary/aromatic N) is 5. The number of H-pyrrole nitrogens is 1. The largest absolute Gasteiger partial charge is 0.456 e. The van der Waals surface area contributed by atoms with Crippen LogP contribution in [0, 0.1) is 0 Å². The summed E-state index contributed by atoms with van der Waals surface area (Å²) in [6.07, 6.45) is 0. The summed E-state index contributed by atoms with van der Waals surface area (Å²) in [4.78, 5) is 23.4. The quantitative estimate of drug-likeness (QED) is 0.177. The third kappa shape index (κ3) is 8.57. The fraction of sp³-hybridized carbons (Fsp3) is 0. The van der Waals surface area contributed by atoms with Gasteiger partial charge in [0, 0.05) is 70.8 Å². The molecular formula is C88H51ClN6O2. The SMILES string of the molecule is Clc1ccc(-c2nc3c4c(cccc4n2)Oc2ccccc2-3)cc1.c1ccc2c(c1)Oc1cccc3nc(-c4ccc(-n5c6ccccc6c6c7ccc8ccccc8c7c7ccccc7c65)cc4)nc-2c13.c1ccc2c(c1)ccc1c2c2ccccc2c2[nH]c3ccccc3c12. The molecule has 0 saturated carbocycles. The van der Waals surface area contributed by atoms with Crippen LogP contribution in [0.25, 0.3) is 181 Å². The van der Waals surface area contributed by atoms with Crippen molar-refractivity contribution in [3.63, 3.8) is 0 Å². The molecule has 0 saturated heterocycles. The molecule has 1 N–H and O–H groups in total. The molecule has 16 aromatic carbocycles. The van der Waals surface area contributed by atoms with Crippen LogP contribution in [0.1, 0.15) is 0 Å². The van der Waals surface area contributed by atoms with E-state index in [4.69, 9.17) is 41.0 Å². The first-order valence-electron chi connectivity index (χ1n) is 32.5. The molecule has 0 amide bonds. The molecule has 0 spiro atoms. The van der Waals surface area contributed by atoms with Crippen molar-refractivity contribution >= 4 is 142 Å². The van der Waals surface area contributed by atoms with Gasteiger partial charge in [-0.1, -0.05) is 206 Å². The molecule has 0 fully saturated rings. The van der Waals surface area contributed by atoms with E-state index < -0.39 is 0 Å². The van der Waals surface area contributed by atoms with Crippen LogP contribution in [0.4, 0.5) is 0 Å². The molecular weight excluding hydrogens is 1210 g/mol. The van der Waals surface area contributed by atoms with Crippen molar-refractivity contribution in [1.82, 2.24) is 29.5 Å². The average Bonchev–Trinajstić information content (AvgIpc) is 1.59. The second-order valence-electron chi connectivity index (χ2n) is 24.8. The first-order chi connectivity index (χ1) is 48.0. The number of aromatic nitrogens is 6. The molecule has 20 aromatic rings. The van der Waals surface area contributed by atoms with Crippen molar-refractivity contribution in [3.8, 4) is 74.0 Å². The minimum absolute atomic E-state index is 0.683. The highest BCUT2D eigenvalue weighted by molar-refractivity contribution is 6.37. The van der Waals surface area contributed by atoms with E-state index in [2.05, 4.69) is 210 Å². The van der Waals surface area contributed by atoms with Gasteiger partial charge in [-0.2, -0.15) is 0 Å². The fourth-order valence-corrected chi connectivity index (χ4v) is 15.4. The minimum atomic E-state index is 0.683. The first kappa shape index (κ1) is 54.8. The van der Waals surface area contributed by atoms with Gasteiger partial charge in [0.15, 0.2) is 11.6 Å². The fourth-order valence-electron chi connectivity index (χ4n) is 15.2. The van der Waals surface area contributed by atoms with Crippen molar-refractivity contribution in [3.05, 3.63) is 308 Å². The van der Waals surface area contributed by atoms with E-state index in [1.165, 1.54) is 108 Å². The van der Waals surface area contributed by atoms with Crippen LogP contribution < -0.4 is 9.47 Å². The molecule has 4 aromatic heterocycles. The third-order valence-electron chi connectivity index (χ3n) is 19.5. The summed E-state index contributed by atoms with van der Waals surface area (Å²) in [5, 5.41) is 23.3. The normalized spacial score (nSPS) is 12.1. The van der Waals surface area contributed by atoms with Crippen molar-refractivity contribution in [2.75, 3.05) is 0 Å². The van der Waals surface area contributed by atoms with E-state index in [-0.39, 0.29) is 0 Å². The molecule has 0 atom stereocenters.